The average molecular weight is 238 g/mol. The number of carbonyl (C=O) groups is 1. The lowest BCUT2D eigenvalue weighted by molar-refractivity contribution is -0.131. The number of hydrogen-bond donors (Lipinski definition) is 3. The number of nitrogens with two attached hydrogens (primary N) is 1. The first-order valence-electron chi connectivity index (χ1n) is 5.48. The van der Waals surface area contributed by atoms with E-state index in [1.807, 2.05) is 0 Å². The van der Waals surface area contributed by atoms with Gasteiger partial charge in [-0.15, -0.1) is 0 Å². The van der Waals surface area contributed by atoms with Crippen LogP contribution in [-0.4, -0.2) is 31.2 Å². The Bertz CT molecular complexity index is 351. The summed E-state index contributed by atoms with van der Waals surface area (Å²) < 4.78 is 5.14. The van der Waals surface area contributed by atoms with Gasteiger partial charge in [-0.1, -0.05) is 12.1 Å². The third-order valence-corrected chi connectivity index (χ3v) is 2.35. The molecule has 0 aliphatic heterocycles. The number of nitrogens with one attached hydrogen (secondary N) is 1. The van der Waals surface area contributed by atoms with Crippen molar-refractivity contribution in [2.75, 3.05) is 20.2 Å². The molecule has 1 unspecified atom stereocenters. The molecule has 0 aliphatic rings. The summed E-state index contributed by atoms with van der Waals surface area (Å²) in [5, 5.41) is 11.9. The Kier molecular flexibility index (Phi) is 5.45. The summed E-state index contributed by atoms with van der Waals surface area (Å²) in [6, 6.07) is 6.36. The molecule has 0 spiro atoms. The number of phenols is 1. The van der Waals surface area contributed by atoms with E-state index in [1.165, 1.54) is 19.2 Å². The highest BCUT2D eigenvalue weighted by Crippen LogP contribution is 2.19. The van der Waals surface area contributed by atoms with Gasteiger partial charge < -0.3 is 20.9 Å². The van der Waals surface area contributed by atoms with Crippen molar-refractivity contribution in [1.29, 1.82) is 0 Å². The molecule has 1 amide bonds. The molecule has 1 aromatic rings. The molecule has 5 heteroatoms. The van der Waals surface area contributed by atoms with Crippen LogP contribution in [-0.2, 0) is 9.53 Å². The maximum Gasteiger partial charge on any atom is 0.253 e. The molecule has 0 aromatic heterocycles. The minimum Gasteiger partial charge on any atom is -0.508 e. The van der Waals surface area contributed by atoms with Gasteiger partial charge in [0.05, 0.1) is 0 Å². The van der Waals surface area contributed by atoms with Crippen LogP contribution in [0.1, 0.15) is 18.1 Å². The zero-order chi connectivity index (χ0) is 12.7. The van der Waals surface area contributed by atoms with Crippen molar-refractivity contribution >= 4 is 5.91 Å². The van der Waals surface area contributed by atoms with E-state index < -0.39 is 6.10 Å². The van der Waals surface area contributed by atoms with E-state index in [4.69, 9.17) is 15.6 Å². The molecule has 0 bridgehead atoms. The monoisotopic (exact) mass is 238 g/mol. The molecule has 4 N–H and O–H groups in total. The quantitative estimate of drug-likeness (QED) is 0.632. The van der Waals surface area contributed by atoms with Gasteiger partial charge in [0.15, 0.2) is 6.10 Å². The highest BCUT2D eigenvalue weighted by molar-refractivity contribution is 5.82. The zero-order valence-corrected chi connectivity index (χ0v) is 9.85. The van der Waals surface area contributed by atoms with Gasteiger partial charge in [-0.3, -0.25) is 4.79 Å². The van der Waals surface area contributed by atoms with E-state index in [0.29, 0.717) is 18.7 Å². The van der Waals surface area contributed by atoms with E-state index in [0.717, 1.165) is 6.42 Å². The molecule has 0 fully saturated rings. The molecule has 1 atom stereocenters. The van der Waals surface area contributed by atoms with Crippen LogP contribution in [0, 0.1) is 0 Å². The van der Waals surface area contributed by atoms with Crippen molar-refractivity contribution < 1.29 is 14.6 Å². The Morgan fingerprint density at radius 1 is 1.47 bits per heavy atom. The first-order chi connectivity index (χ1) is 8.19. The van der Waals surface area contributed by atoms with E-state index in [2.05, 4.69) is 5.32 Å². The third-order valence-electron chi connectivity index (χ3n) is 2.35. The van der Waals surface area contributed by atoms with Gasteiger partial charge in [0, 0.05) is 13.7 Å². The number of rotatable bonds is 6. The molecular formula is C12H18N2O3. The lowest BCUT2D eigenvalue weighted by Gasteiger charge is -2.15. The first kappa shape index (κ1) is 13.5. The van der Waals surface area contributed by atoms with E-state index in [-0.39, 0.29) is 11.7 Å². The van der Waals surface area contributed by atoms with Gasteiger partial charge >= 0.3 is 0 Å². The molecule has 0 saturated heterocycles. The number of methoxy groups -OCH3 is 1. The Labute approximate surface area is 101 Å². The fourth-order valence-corrected chi connectivity index (χ4v) is 1.45. The Balaban J connectivity index is 2.64. The molecule has 0 radical (unpaired) electrons. The summed E-state index contributed by atoms with van der Waals surface area (Å²) in [5.41, 5.74) is 6.04. The number of amides is 1. The summed E-state index contributed by atoms with van der Waals surface area (Å²) in [6.45, 7) is 1.07. The van der Waals surface area contributed by atoms with Crippen LogP contribution in [0.4, 0.5) is 0 Å². The fraction of sp³-hybridized carbons (Fsp3) is 0.417. The van der Waals surface area contributed by atoms with Crippen molar-refractivity contribution in [3.8, 4) is 5.75 Å². The molecular weight excluding hydrogens is 220 g/mol. The molecule has 5 nitrogen and oxygen atoms in total. The molecule has 0 saturated carbocycles. The molecule has 0 heterocycles. The first-order valence-corrected chi connectivity index (χ1v) is 5.48. The largest absolute Gasteiger partial charge is 0.508 e. The number of aromatic hydroxyl groups is 1. The summed E-state index contributed by atoms with van der Waals surface area (Å²) in [7, 11) is 1.47. The fourth-order valence-electron chi connectivity index (χ4n) is 1.45. The number of benzene rings is 1. The zero-order valence-electron chi connectivity index (χ0n) is 9.85. The predicted octanol–water partition coefficient (Wildman–Crippen LogP) is 0.545. The SMILES string of the molecule is COC(C(=O)NCCCN)c1ccc(O)cc1. The second-order valence-corrected chi connectivity index (χ2v) is 3.64. The van der Waals surface area contributed by atoms with E-state index in [9.17, 15) is 4.79 Å². The van der Waals surface area contributed by atoms with Crippen molar-refractivity contribution in [1.82, 2.24) is 5.32 Å². The summed E-state index contributed by atoms with van der Waals surface area (Å²) in [4.78, 5) is 11.8. The van der Waals surface area contributed by atoms with Gasteiger partial charge in [0.2, 0.25) is 0 Å². The van der Waals surface area contributed by atoms with Crippen molar-refractivity contribution in [3.63, 3.8) is 0 Å². The average Bonchev–Trinajstić information content (AvgIpc) is 2.33. The van der Waals surface area contributed by atoms with Crippen LogP contribution in [0.15, 0.2) is 24.3 Å². The smallest absolute Gasteiger partial charge is 0.253 e. The van der Waals surface area contributed by atoms with Crippen molar-refractivity contribution in [2.24, 2.45) is 5.73 Å². The third kappa shape index (κ3) is 4.05. The van der Waals surface area contributed by atoms with Gasteiger partial charge in [-0.25, -0.2) is 0 Å². The maximum atomic E-state index is 11.8. The lowest BCUT2D eigenvalue weighted by Crippen LogP contribution is -2.31. The minimum atomic E-state index is -0.659. The second kappa shape index (κ2) is 6.88. The number of phenolic OH excluding ortho intramolecular Hbond substituents is 1. The molecule has 1 aromatic carbocycles. The predicted molar refractivity (Wildman–Crippen MR) is 64.5 cm³/mol. The summed E-state index contributed by atoms with van der Waals surface area (Å²) in [5.74, 6) is -0.0428. The molecule has 94 valence electrons. The topological polar surface area (TPSA) is 84.6 Å². The Hall–Kier alpha value is -1.59. The number of hydrogen-bond acceptors (Lipinski definition) is 4. The van der Waals surface area contributed by atoms with E-state index >= 15 is 0 Å². The Morgan fingerprint density at radius 3 is 2.65 bits per heavy atom. The van der Waals surface area contributed by atoms with Gasteiger partial charge in [0.1, 0.15) is 5.75 Å². The number of ether oxygens (including phenoxy) is 1. The highest BCUT2D eigenvalue weighted by atomic mass is 16.5. The molecule has 0 aliphatic carbocycles. The highest BCUT2D eigenvalue weighted by Gasteiger charge is 2.19. The van der Waals surface area contributed by atoms with Crippen LogP contribution >= 0.6 is 0 Å². The maximum absolute atomic E-state index is 11.8. The van der Waals surface area contributed by atoms with Crippen LogP contribution < -0.4 is 11.1 Å². The second-order valence-electron chi connectivity index (χ2n) is 3.64. The standard InChI is InChI=1S/C12H18N2O3/c1-17-11(12(16)14-8-2-7-13)9-3-5-10(15)6-4-9/h3-6,11,15H,2,7-8,13H2,1H3,(H,14,16). The Morgan fingerprint density at radius 2 is 2.12 bits per heavy atom. The van der Waals surface area contributed by atoms with Crippen LogP contribution in [0.2, 0.25) is 0 Å². The summed E-state index contributed by atoms with van der Waals surface area (Å²) in [6.07, 6.45) is 0.0750. The minimum absolute atomic E-state index is 0.159. The summed E-state index contributed by atoms with van der Waals surface area (Å²) >= 11 is 0. The van der Waals surface area contributed by atoms with Crippen LogP contribution in [0.25, 0.3) is 0 Å². The van der Waals surface area contributed by atoms with Crippen LogP contribution in [0.5, 0.6) is 5.75 Å². The lowest BCUT2D eigenvalue weighted by atomic mass is 10.1. The normalized spacial score (nSPS) is 12.1. The molecule has 17 heavy (non-hydrogen) atoms. The van der Waals surface area contributed by atoms with E-state index in [1.54, 1.807) is 12.1 Å². The molecule has 1 rings (SSSR count). The van der Waals surface area contributed by atoms with Gasteiger partial charge in [-0.2, -0.15) is 0 Å². The van der Waals surface area contributed by atoms with Crippen LogP contribution in [0.3, 0.4) is 0 Å². The van der Waals surface area contributed by atoms with Gasteiger partial charge in [-0.05, 0) is 30.7 Å². The van der Waals surface area contributed by atoms with Gasteiger partial charge in [0.25, 0.3) is 5.91 Å². The number of carbonyl (C=O) groups excluding carboxylic acids is 1. The van der Waals surface area contributed by atoms with Crippen molar-refractivity contribution in [3.05, 3.63) is 29.8 Å². The van der Waals surface area contributed by atoms with Crippen molar-refractivity contribution in [2.45, 2.75) is 12.5 Å².